The highest BCUT2D eigenvalue weighted by Gasteiger charge is 2.16. The fraction of sp³-hybridized carbons (Fsp3) is 0.143. The van der Waals surface area contributed by atoms with E-state index in [9.17, 15) is 14.7 Å². The number of carbonyl (C=O) groups is 1. The highest BCUT2D eigenvalue weighted by Crippen LogP contribution is 2.18. The van der Waals surface area contributed by atoms with Crippen molar-refractivity contribution in [3.63, 3.8) is 0 Å². The molecule has 0 aliphatic carbocycles. The maximum absolute atomic E-state index is 12.5. The number of aromatic hydroxyl groups is 1. The minimum atomic E-state index is -0.352. The fourth-order valence-corrected chi connectivity index (χ4v) is 2.81. The van der Waals surface area contributed by atoms with Crippen molar-refractivity contribution in [2.45, 2.75) is 19.0 Å². The molecule has 0 bridgehead atoms. The van der Waals surface area contributed by atoms with Crippen LogP contribution in [0.2, 0.25) is 0 Å². The Kier molecular flexibility index (Phi) is 5.49. The number of carbonyl (C=O) groups excluding carboxylic acids is 1. The summed E-state index contributed by atoms with van der Waals surface area (Å²) in [6.45, 7) is 0.330. The molecule has 0 fully saturated rings. The summed E-state index contributed by atoms with van der Waals surface area (Å²) in [5, 5.41) is 12.8. The summed E-state index contributed by atoms with van der Waals surface area (Å²) in [5.74, 6) is -0.123. The van der Waals surface area contributed by atoms with E-state index in [1.54, 1.807) is 47.2 Å². The van der Waals surface area contributed by atoms with Crippen molar-refractivity contribution in [2.75, 3.05) is 0 Å². The van der Waals surface area contributed by atoms with Crippen LogP contribution in [0.3, 0.4) is 0 Å². The van der Waals surface area contributed by atoms with Gasteiger partial charge in [0.05, 0.1) is 19.0 Å². The predicted molar refractivity (Wildman–Crippen MR) is 99.8 cm³/mol. The first-order valence-electron chi connectivity index (χ1n) is 8.40. The molecule has 1 aromatic heterocycles. The molecule has 1 amide bonds. The lowest BCUT2D eigenvalue weighted by Gasteiger charge is -2.20. The Morgan fingerprint density at radius 3 is 2.38 bits per heavy atom. The number of nitrogens with zero attached hydrogens (tertiary/aromatic N) is 1. The molecular weight excluding hydrogens is 328 g/mol. The van der Waals surface area contributed by atoms with Gasteiger partial charge in [0.2, 0.25) is 5.91 Å². The molecule has 0 saturated heterocycles. The summed E-state index contributed by atoms with van der Waals surface area (Å²) < 4.78 is 1.57. The number of aromatic nitrogens is 1. The van der Waals surface area contributed by atoms with Gasteiger partial charge in [-0.25, -0.2) is 0 Å². The van der Waals surface area contributed by atoms with E-state index >= 15 is 0 Å². The Balaban J connectivity index is 1.80. The van der Waals surface area contributed by atoms with Crippen molar-refractivity contribution in [1.29, 1.82) is 0 Å². The molecule has 0 radical (unpaired) electrons. The zero-order valence-electron chi connectivity index (χ0n) is 14.2. The second-order valence-electron chi connectivity index (χ2n) is 6.03. The molecule has 1 heterocycles. The van der Waals surface area contributed by atoms with Crippen LogP contribution in [0.1, 0.15) is 17.2 Å². The third-order valence-electron chi connectivity index (χ3n) is 4.16. The summed E-state index contributed by atoms with van der Waals surface area (Å²) in [7, 11) is 0. The fourth-order valence-electron chi connectivity index (χ4n) is 2.81. The van der Waals surface area contributed by atoms with Gasteiger partial charge < -0.3 is 15.0 Å². The summed E-state index contributed by atoms with van der Waals surface area (Å²) in [6.07, 6.45) is 1.77. The number of rotatable bonds is 6. The van der Waals surface area contributed by atoms with Gasteiger partial charge in [-0.1, -0.05) is 54.6 Å². The molecule has 0 aliphatic heterocycles. The lowest BCUT2D eigenvalue weighted by molar-refractivity contribution is -0.121. The first-order valence-corrected chi connectivity index (χ1v) is 8.40. The highest BCUT2D eigenvalue weighted by atomic mass is 16.3. The zero-order valence-corrected chi connectivity index (χ0v) is 14.2. The molecule has 1 atom stereocenters. The predicted octanol–water partition coefficient (Wildman–Crippen LogP) is 2.65. The molecule has 26 heavy (non-hydrogen) atoms. The smallest absolute Gasteiger partial charge is 0.250 e. The summed E-state index contributed by atoms with van der Waals surface area (Å²) in [6, 6.07) is 20.9. The number of benzene rings is 2. The van der Waals surface area contributed by atoms with Gasteiger partial charge in [-0.2, -0.15) is 0 Å². The van der Waals surface area contributed by atoms with Gasteiger partial charge in [0.15, 0.2) is 0 Å². The Morgan fingerprint density at radius 2 is 1.65 bits per heavy atom. The van der Waals surface area contributed by atoms with Crippen LogP contribution in [0.5, 0.6) is 5.75 Å². The average Bonchev–Trinajstić information content (AvgIpc) is 2.65. The van der Waals surface area contributed by atoms with Gasteiger partial charge in [-0.3, -0.25) is 9.59 Å². The Morgan fingerprint density at radius 1 is 0.962 bits per heavy atom. The Labute approximate surface area is 151 Å². The third-order valence-corrected chi connectivity index (χ3v) is 4.16. The lowest BCUT2D eigenvalue weighted by Crippen LogP contribution is -2.34. The standard InChI is InChI=1S/C21H20N2O3/c24-19-11-5-4-10-17(19)14-20(25)22-18(16-8-2-1-3-9-16)15-23-13-7-6-12-21(23)26/h1-13,18,24H,14-15H2,(H,22,25)/t18-/m1/s1. The molecule has 0 unspecified atom stereocenters. The SMILES string of the molecule is O=C(Cc1ccccc1O)N[C@H](Cn1ccccc1=O)c1ccccc1. The second kappa shape index (κ2) is 8.16. The van der Waals surface area contributed by atoms with Gasteiger partial charge in [0.1, 0.15) is 5.75 Å². The Bertz CT molecular complexity index is 935. The van der Waals surface area contributed by atoms with Crippen LogP contribution in [0.25, 0.3) is 0 Å². The maximum atomic E-state index is 12.5. The van der Waals surface area contributed by atoms with Crippen LogP contribution >= 0.6 is 0 Å². The normalized spacial score (nSPS) is 11.7. The van der Waals surface area contributed by atoms with Crippen molar-refractivity contribution in [3.05, 3.63) is 100 Å². The maximum Gasteiger partial charge on any atom is 0.250 e. The number of pyridine rings is 1. The molecule has 132 valence electrons. The van der Waals surface area contributed by atoms with E-state index in [1.807, 2.05) is 30.3 Å². The van der Waals surface area contributed by atoms with Crippen LogP contribution in [-0.4, -0.2) is 15.6 Å². The molecule has 0 spiro atoms. The van der Waals surface area contributed by atoms with E-state index in [0.29, 0.717) is 12.1 Å². The van der Waals surface area contributed by atoms with Crippen molar-refractivity contribution >= 4 is 5.91 Å². The quantitative estimate of drug-likeness (QED) is 0.719. The number of nitrogens with one attached hydrogen (secondary N) is 1. The summed E-state index contributed by atoms with van der Waals surface area (Å²) >= 11 is 0. The first-order chi connectivity index (χ1) is 12.6. The number of hydrogen-bond donors (Lipinski definition) is 2. The number of hydrogen-bond acceptors (Lipinski definition) is 3. The molecule has 2 N–H and O–H groups in total. The number of para-hydroxylation sites is 1. The number of phenolic OH excluding ortho intramolecular Hbond substituents is 1. The Hall–Kier alpha value is -3.34. The van der Waals surface area contributed by atoms with E-state index in [4.69, 9.17) is 0 Å². The molecule has 5 heteroatoms. The molecule has 3 aromatic rings. The minimum absolute atomic E-state index is 0.0691. The first kappa shape index (κ1) is 17.5. The average molecular weight is 348 g/mol. The highest BCUT2D eigenvalue weighted by molar-refractivity contribution is 5.79. The molecule has 0 saturated carbocycles. The van der Waals surface area contributed by atoms with Gasteiger partial charge in [0, 0.05) is 17.8 Å². The van der Waals surface area contributed by atoms with Crippen molar-refractivity contribution in [3.8, 4) is 5.75 Å². The van der Waals surface area contributed by atoms with Crippen LogP contribution in [0, 0.1) is 0 Å². The molecule has 0 aliphatic rings. The van der Waals surface area contributed by atoms with E-state index in [2.05, 4.69) is 5.32 Å². The van der Waals surface area contributed by atoms with Crippen molar-refractivity contribution in [2.24, 2.45) is 0 Å². The lowest BCUT2D eigenvalue weighted by atomic mass is 10.1. The van der Waals surface area contributed by atoms with Gasteiger partial charge in [-0.15, -0.1) is 0 Å². The summed E-state index contributed by atoms with van der Waals surface area (Å²) in [4.78, 5) is 24.5. The topological polar surface area (TPSA) is 71.3 Å². The molecule has 5 nitrogen and oxygen atoms in total. The zero-order chi connectivity index (χ0) is 18.4. The van der Waals surface area contributed by atoms with E-state index in [-0.39, 0.29) is 29.7 Å². The largest absolute Gasteiger partial charge is 0.508 e. The third kappa shape index (κ3) is 4.39. The van der Waals surface area contributed by atoms with Crippen LogP contribution in [-0.2, 0) is 17.8 Å². The van der Waals surface area contributed by atoms with E-state index in [0.717, 1.165) is 5.56 Å². The van der Waals surface area contributed by atoms with Crippen LogP contribution < -0.4 is 10.9 Å². The van der Waals surface area contributed by atoms with Gasteiger partial charge in [-0.05, 0) is 17.7 Å². The van der Waals surface area contributed by atoms with Gasteiger partial charge in [0.25, 0.3) is 5.56 Å². The molecular formula is C21H20N2O3. The van der Waals surface area contributed by atoms with Gasteiger partial charge >= 0.3 is 0 Å². The second-order valence-corrected chi connectivity index (χ2v) is 6.03. The number of amides is 1. The number of phenols is 1. The molecule has 2 aromatic carbocycles. The minimum Gasteiger partial charge on any atom is -0.508 e. The van der Waals surface area contributed by atoms with E-state index < -0.39 is 0 Å². The summed E-state index contributed by atoms with van der Waals surface area (Å²) in [5.41, 5.74) is 1.35. The van der Waals surface area contributed by atoms with Crippen molar-refractivity contribution in [1.82, 2.24) is 9.88 Å². The molecule has 3 rings (SSSR count). The van der Waals surface area contributed by atoms with Crippen LogP contribution in [0.4, 0.5) is 0 Å². The van der Waals surface area contributed by atoms with Crippen LogP contribution in [0.15, 0.2) is 83.8 Å². The van der Waals surface area contributed by atoms with Crippen molar-refractivity contribution < 1.29 is 9.90 Å². The monoisotopic (exact) mass is 348 g/mol. The van der Waals surface area contributed by atoms with E-state index in [1.165, 1.54) is 6.07 Å².